The van der Waals surface area contributed by atoms with Crippen molar-refractivity contribution in [1.82, 2.24) is 4.90 Å². The lowest BCUT2D eigenvalue weighted by atomic mass is 9.97. The Balaban J connectivity index is 1.21. The molecule has 0 aromatic heterocycles. The van der Waals surface area contributed by atoms with Crippen molar-refractivity contribution in [3.63, 3.8) is 0 Å². The summed E-state index contributed by atoms with van der Waals surface area (Å²) in [5, 5.41) is 9.52. The Morgan fingerprint density at radius 3 is 1.87 bits per heavy atom. The molecule has 274 valence electrons. The van der Waals surface area contributed by atoms with Crippen LogP contribution in [0.5, 0.6) is 5.75 Å². The number of aryl methyl sites for hydroxylation is 1. The number of nitrogens with zero attached hydrogens (tertiary/aromatic N) is 1. The lowest BCUT2D eigenvalue weighted by molar-refractivity contribution is -0.139. The zero-order chi connectivity index (χ0) is 38.3. The maximum absolute atomic E-state index is 13.6. The van der Waals surface area contributed by atoms with E-state index in [2.05, 4.69) is 0 Å². The molecule has 5 aromatic carbocycles. The Hall–Kier alpha value is -5.75. The first-order valence-electron chi connectivity index (χ1n) is 16.4. The lowest BCUT2D eigenvalue weighted by Crippen LogP contribution is -2.35. The van der Waals surface area contributed by atoms with E-state index in [9.17, 15) is 41.1 Å². The number of halogens is 3. The van der Waals surface area contributed by atoms with Gasteiger partial charge in [-0.25, -0.2) is 8.42 Å². The zero-order valence-electron chi connectivity index (χ0n) is 28.9. The summed E-state index contributed by atoms with van der Waals surface area (Å²) in [4.78, 5) is 39.1. The van der Waals surface area contributed by atoms with E-state index in [-0.39, 0.29) is 40.5 Å². The molecular formula is C41H36F3NO7S. The monoisotopic (exact) mass is 743 g/mol. The highest BCUT2D eigenvalue weighted by Crippen LogP contribution is 2.35. The van der Waals surface area contributed by atoms with Gasteiger partial charge in [-0.05, 0) is 76.7 Å². The molecule has 0 saturated carbocycles. The van der Waals surface area contributed by atoms with Crippen molar-refractivity contribution in [3.8, 4) is 16.9 Å². The fourth-order valence-electron chi connectivity index (χ4n) is 5.78. The van der Waals surface area contributed by atoms with Crippen molar-refractivity contribution < 1.29 is 45.8 Å². The summed E-state index contributed by atoms with van der Waals surface area (Å²) in [6, 6.07) is 30.4. The van der Waals surface area contributed by atoms with Crippen LogP contribution >= 0.6 is 0 Å². The predicted molar refractivity (Wildman–Crippen MR) is 193 cm³/mol. The van der Waals surface area contributed by atoms with Crippen LogP contribution in [0.4, 0.5) is 13.2 Å². The fourth-order valence-corrected chi connectivity index (χ4v) is 7.13. The Morgan fingerprint density at radius 1 is 0.736 bits per heavy atom. The van der Waals surface area contributed by atoms with E-state index in [0.29, 0.717) is 16.7 Å². The first kappa shape index (κ1) is 38.5. The Bertz CT molecular complexity index is 2200. The SMILES string of the molecule is COc1ccc(CC(=O)Cc2ccc(C(=O)N(CC(=O)O)Cc3ccc(CS(=O)(=O)c4ccc(-c5ccc(C)cc5)cc4)cc3)cc2)c(C(F)(F)F)c1. The van der Waals surface area contributed by atoms with Gasteiger partial charge in [-0.15, -0.1) is 0 Å². The average molecular weight is 744 g/mol. The van der Waals surface area contributed by atoms with Crippen molar-refractivity contribution in [3.05, 3.63) is 154 Å². The third-order valence-corrected chi connectivity index (χ3v) is 10.3. The molecule has 0 bridgehead atoms. The average Bonchev–Trinajstić information content (AvgIpc) is 3.12. The molecule has 0 saturated heterocycles. The van der Waals surface area contributed by atoms with Crippen LogP contribution in [0.3, 0.4) is 0 Å². The Morgan fingerprint density at radius 2 is 1.30 bits per heavy atom. The van der Waals surface area contributed by atoms with Crippen molar-refractivity contribution in [2.24, 2.45) is 0 Å². The maximum Gasteiger partial charge on any atom is 0.416 e. The largest absolute Gasteiger partial charge is 0.497 e. The van der Waals surface area contributed by atoms with Crippen LogP contribution in [0, 0.1) is 6.92 Å². The number of carbonyl (C=O) groups is 3. The van der Waals surface area contributed by atoms with Crippen LogP contribution in [-0.2, 0) is 50.7 Å². The van der Waals surface area contributed by atoms with Gasteiger partial charge in [0.2, 0.25) is 0 Å². The number of ketones is 1. The minimum atomic E-state index is -4.67. The molecule has 5 rings (SSSR count). The van der Waals surface area contributed by atoms with Gasteiger partial charge in [0.15, 0.2) is 9.84 Å². The number of alkyl halides is 3. The number of carbonyl (C=O) groups excluding carboxylic acids is 2. The van der Waals surface area contributed by atoms with Crippen molar-refractivity contribution >= 4 is 27.5 Å². The number of benzene rings is 5. The Kier molecular flexibility index (Phi) is 11.8. The number of rotatable bonds is 14. The first-order valence-corrected chi connectivity index (χ1v) is 18.1. The second kappa shape index (κ2) is 16.3. The second-order valence-corrected chi connectivity index (χ2v) is 14.6. The van der Waals surface area contributed by atoms with Gasteiger partial charge >= 0.3 is 12.1 Å². The second-order valence-electron chi connectivity index (χ2n) is 12.6. The van der Waals surface area contributed by atoms with Crippen molar-refractivity contribution in [2.45, 2.75) is 43.1 Å². The van der Waals surface area contributed by atoms with Gasteiger partial charge in [0.1, 0.15) is 18.1 Å². The molecule has 0 fully saturated rings. The molecule has 0 spiro atoms. The molecule has 0 heterocycles. The highest BCUT2D eigenvalue weighted by molar-refractivity contribution is 7.90. The summed E-state index contributed by atoms with van der Waals surface area (Å²) < 4.78 is 72.0. The molecular weight excluding hydrogens is 708 g/mol. The third-order valence-electron chi connectivity index (χ3n) is 8.58. The van der Waals surface area contributed by atoms with E-state index in [1.165, 1.54) is 43.5 Å². The summed E-state index contributed by atoms with van der Waals surface area (Å²) in [5.41, 5.74) is 3.55. The standard InChI is InChI=1S/C41H36F3NO7S/c1-27-3-11-31(12-4-27)32-16-19-37(20-17-32)53(50,51)26-30-7-5-29(6-8-30)24-45(25-39(47)48)40(49)33-13-9-28(10-14-33)21-35(46)22-34-15-18-36(52-2)23-38(34)41(42,43)44/h3-20,23H,21-22,24-26H2,1-2H3,(H,47,48). The van der Waals surface area contributed by atoms with E-state index in [0.717, 1.165) is 27.7 Å². The number of methoxy groups -OCH3 is 1. The number of hydrogen-bond donors (Lipinski definition) is 1. The lowest BCUT2D eigenvalue weighted by Gasteiger charge is -2.21. The van der Waals surface area contributed by atoms with Gasteiger partial charge in [-0.2, -0.15) is 13.2 Å². The molecule has 1 amide bonds. The van der Waals surface area contributed by atoms with Gasteiger partial charge < -0.3 is 14.7 Å². The van der Waals surface area contributed by atoms with E-state index in [1.807, 2.05) is 31.2 Å². The minimum Gasteiger partial charge on any atom is -0.497 e. The summed E-state index contributed by atoms with van der Waals surface area (Å²) >= 11 is 0. The van der Waals surface area contributed by atoms with Gasteiger partial charge in [-0.1, -0.05) is 84.4 Å². The molecule has 0 aliphatic heterocycles. The van der Waals surface area contributed by atoms with Crippen LogP contribution in [0.25, 0.3) is 11.1 Å². The number of ether oxygens (including phenoxy) is 1. The maximum atomic E-state index is 13.6. The van der Waals surface area contributed by atoms with E-state index in [1.54, 1.807) is 48.5 Å². The van der Waals surface area contributed by atoms with Gasteiger partial charge in [-0.3, -0.25) is 14.4 Å². The van der Waals surface area contributed by atoms with Crippen LogP contribution in [0.15, 0.2) is 120 Å². The number of aliphatic carboxylic acids is 1. The molecule has 0 unspecified atom stereocenters. The molecule has 0 atom stereocenters. The topological polar surface area (TPSA) is 118 Å². The first-order chi connectivity index (χ1) is 25.1. The number of hydrogen-bond acceptors (Lipinski definition) is 6. The van der Waals surface area contributed by atoms with Crippen molar-refractivity contribution in [2.75, 3.05) is 13.7 Å². The van der Waals surface area contributed by atoms with Crippen LogP contribution < -0.4 is 4.74 Å². The highest BCUT2D eigenvalue weighted by Gasteiger charge is 2.34. The molecule has 8 nitrogen and oxygen atoms in total. The zero-order valence-corrected chi connectivity index (χ0v) is 29.7. The molecule has 5 aromatic rings. The summed E-state index contributed by atoms with van der Waals surface area (Å²) in [7, 11) is -2.42. The predicted octanol–water partition coefficient (Wildman–Crippen LogP) is 7.74. The Labute approximate surface area is 305 Å². The number of sulfone groups is 1. The number of amides is 1. The summed E-state index contributed by atoms with van der Waals surface area (Å²) in [6.45, 7) is 1.30. The highest BCUT2D eigenvalue weighted by atomic mass is 32.2. The number of carboxylic acids is 1. The minimum absolute atomic E-state index is 0.0187. The molecule has 0 radical (unpaired) electrons. The third kappa shape index (κ3) is 10.2. The quantitative estimate of drug-likeness (QED) is 0.124. The van der Waals surface area contributed by atoms with Crippen LogP contribution in [-0.4, -0.2) is 49.7 Å². The molecule has 53 heavy (non-hydrogen) atoms. The van der Waals surface area contributed by atoms with Gasteiger partial charge in [0.25, 0.3) is 5.91 Å². The van der Waals surface area contributed by atoms with Crippen molar-refractivity contribution in [1.29, 1.82) is 0 Å². The van der Waals surface area contributed by atoms with Gasteiger partial charge in [0.05, 0.1) is 23.3 Å². The molecule has 0 aliphatic rings. The normalized spacial score (nSPS) is 11.6. The van der Waals surface area contributed by atoms with Crippen LogP contribution in [0.2, 0.25) is 0 Å². The molecule has 1 N–H and O–H groups in total. The number of Topliss-reactive ketones (excluding diaryl/α,β-unsaturated/α-hetero) is 1. The number of carboxylic acid groups (broad SMARTS) is 1. The molecule has 0 aliphatic carbocycles. The smallest absolute Gasteiger partial charge is 0.416 e. The van der Waals surface area contributed by atoms with Crippen LogP contribution in [0.1, 0.15) is 43.7 Å². The van der Waals surface area contributed by atoms with E-state index >= 15 is 0 Å². The van der Waals surface area contributed by atoms with E-state index in [4.69, 9.17) is 4.74 Å². The molecule has 12 heteroatoms. The fraction of sp³-hybridized carbons (Fsp3) is 0.195. The summed E-state index contributed by atoms with van der Waals surface area (Å²) in [5.74, 6) is -2.55. The van der Waals surface area contributed by atoms with E-state index < -0.39 is 52.2 Å². The van der Waals surface area contributed by atoms with Gasteiger partial charge in [0, 0.05) is 24.9 Å². The summed E-state index contributed by atoms with van der Waals surface area (Å²) in [6.07, 6.45) is -5.32.